The molecule has 4 bridgehead atoms. The van der Waals surface area contributed by atoms with E-state index >= 15 is 0 Å². The van der Waals surface area contributed by atoms with Gasteiger partial charge >= 0.3 is 0 Å². The molecule has 8 heteroatoms. The Hall–Kier alpha value is -1.68. The summed E-state index contributed by atoms with van der Waals surface area (Å²) in [5.41, 5.74) is 3.13. The van der Waals surface area contributed by atoms with Crippen molar-refractivity contribution < 1.29 is 30.3 Å². The van der Waals surface area contributed by atoms with Gasteiger partial charge < -0.3 is 34.8 Å². The molecule has 10 atom stereocenters. The Kier molecular flexibility index (Phi) is 5.25. The molecule has 5 N–H and O–H groups in total. The molecule has 4 aliphatic heterocycles. The predicted octanol–water partition coefficient (Wildman–Crippen LogP) is 1.08. The summed E-state index contributed by atoms with van der Waals surface area (Å²) < 4.78 is 8.08. The lowest BCUT2D eigenvalue weighted by Gasteiger charge is -2.54. The minimum absolute atomic E-state index is 0.191. The van der Waals surface area contributed by atoms with Gasteiger partial charge in [0, 0.05) is 36.1 Å². The van der Waals surface area contributed by atoms with Crippen LogP contribution in [0.1, 0.15) is 49.6 Å². The molecule has 7 rings (SSSR count). The lowest BCUT2D eigenvalue weighted by atomic mass is 9.65. The molecule has 3 saturated heterocycles. The van der Waals surface area contributed by atoms with E-state index in [-0.39, 0.29) is 11.7 Å². The summed E-state index contributed by atoms with van der Waals surface area (Å²) in [6.07, 6.45) is -1.78. The van der Waals surface area contributed by atoms with Crippen molar-refractivity contribution in [2.24, 2.45) is 11.8 Å². The van der Waals surface area contributed by atoms with Crippen molar-refractivity contribution in [1.29, 1.82) is 0 Å². The quantitative estimate of drug-likeness (QED) is 0.467. The first kappa shape index (κ1) is 21.8. The van der Waals surface area contributed by atoms with E-state index in [2.05, 4.69) is 11.8 Å². The summed E-state index contributed by atoms with van der Waals surface area (Å²) in [7, 11) is 0. The topological polar surface area (TPSA) is 119 Å². The Bertz CT molecular complexity index is 1050. The molecule has 5 aliphatic rings. The fraction of sp³-hybridized carbons (Fsp3) is 0.680. The van der Waals surface area contributed by atoms with E-state index in [9.17, 15) is 25.5 Å². The Morgan fingerprint density at radius 2 is 1.91 bits per heavy atom. The fourth-order valence-electron chi connectivity index (χ4n) is 7.45. The van der Waals surface area contributed by atoms with Crippen molar-refractivity contribution in [2.75, 3.05) is 19.7 Å². The maximum atomic E-state index is 11.0. The molecule has 5 heterocycles. The Labute approximate surface area is 193 Å². The summed E-state index contributed by atoms with van der Waals surface area (Å²) >= 11 is 0. The van der Waals surface area contributed by atoms with Crippen LogP contribution in [0.3, 0.4) is 0 Å². The SMILES string of the molecule is CC[C@H]1C[C@H]2C[C@H]3c4c(c5cc(O)ccc5n4[C@H]4O[C@@H](CO)C(O)[C@H](O)C4O)CCN(C2)C13. The number of ether oxygens (including phenoxy) is 1. The number of phenols is 1. The average molecular weight is 459 g/mol. The second-order valence-corrected chi connectivity index (χ2v) is 10.5. The van der Waals surface area contributed by atoms with Gasteiger partial charge in [-0.25, -0.2) is 0 Å². The smallest absolute Gasteiger partial charge is 0.163 e. The fourth-order valence-corrected chi connectivity index (χ4v) is 7.45. The molecule has 1 aliphatic carbocycles. The van der Waals surface area contributed by atoms with Gasteiger partial charge in [-0.15, -0.1) is 0 Å². The Morgan fingerprint density at radius 1 is 1.09 bits per heavy atom. The largest absolute Gasteiger partial charge is 0.508 e. The molecule has 180 valence electrons. The normalized spacial score (nSPS) is 42.3. The highest BCUT2D eigenvalue weighted by molar-refractivity contribution is 5.87. The molecule has 0 radical (unpaired) electrons. The van der Waals surface area contributed by atoms with E-state index in [0.29, 0.717) is 17.9 Å². The number of piperidine rings is 2. The van der Waals surface area contributed by atoms with Crippen molar-refractivity contribution in [3.8, 4) is 5.75 Å². The number of benzene rings is 1. The van der Waals surface area contributed by atoms with Crippen LogP contribution in [0.2, 0.25) is 0 Å². The highest BCUT2D eigenvalue weighted by atomic mass is 16.6. The number of hydrogen-bond donors (Lipinski definition) is 5. The van der Waals surface area contributed by atoms with Gasteiger partial charge in [0.15, 0.2) is 6.23 Å². The highest BCUT2D eigenvalue weighted by Crippen LogP contribution is 2.53. The number of nitrogens with zero attached hydrogens (tertiary/aromatic N) is 2. The zero-order valence-electron chi connectivity index (χ0n) is 18.9. The molecular weight excluding hydrogens is 424 g/mol. The Morgan fingerprint density at radius 3 is 2.67 bits per heavy atom. The van der Waals surface area contributed by atoms with Crippen molar-refractivity contribution in [3.63, 3.8) is 0 Å². The van der Waals surface area contributed by atoms with Gasteiger partial charge in [0.1, 0.15) is 30.2 Å². The van der Waals surface area contributed by atoms with Gasteiger partial charge in [0.05, 0.1) is 12.1 Å². The molecule has 8 nitrogen and oxygen atoms in total. The van der Waals surface area contributed by atoms with E-state index in [4.69, 9.17) is 4.74 Å². The molecule has 1 saturated carbocycles. The maximum absolute atomic E-state index is 11.0. The zero-order chi connectivity index (χ0) is 23.0. The minimum Gasteiger partial charge on any atom is -0.508 e. The van der Waals surface area contributed by atoms with Crippen LogP contribution in [0.25, 0.3) is 10.9 Å². The summed E-state index contributed by atoms with van der Waals surface area (Å²) in [5, 5.41) is 53.0. The van der Waals surface area contributed by atoms with Crippen LogP contribution in [0, 0.1) is 11.8 Å². The summed E-state index contributed by atoms with van der Waals surface area (Å²) in [6, 6.07) is 5.69. The first-order valence-electron chi connectivity index (χ1n) is 12.3. The van der Waals surface area contributed by atoms with Crippen LogP contribution in [-0.4, -0.2) is 85.2 Å². The van der Waals surface area contributed by atoms with Crippen molar-refractivity contribution in [1.82, 2.24) is 9.47 Å². The van der Waals surface area contributed by atoms with Gasteiger partial charge in [0.2, 0.25) is 0 Å². The first-order chi connectivity index (χ1) is 15.9. The second kappa shape index (κ2) is 7.93. The van der Waals surface area contributed by atoms with E-state index in [1.807, 2.05) is 10.6 Å². The van der Waals surface area contributed by atoms with Crippen molar-refractivity contribution in [3.05, 3.63) is 29.5 Å². The molecule has 0 amide bonds. The molecule has 4 unspecified atom stereocenters. The van der Waals surface area contributed by atoms with Gasteiger partial charge in [-0.3, -0.25) is 4.90 Å². The van der Waals surface area contributed by atoms with E-state index in [0.717, 1.165) is 48.9 Å². The van der Waals surface area contributed by atoms with E-state index < -0.39 is 37.3 Å². The molecule has 33 heavy (non-hydrogen) atoms. The molecule has 1 aromatic heterocycles. The number of phenolic OH excluding ortho intramolecular Hbond substituents is 1. The van der Waals surface area contributed by atoms with Crippen molar-refractivity contribution >= 4 is 10.9 Å². The number of aromatic nitrogens is 1. The molecule has 4 fully saturated rings. The third kappa shape index (κ3) is 3.12. The van der Waals surface area contributed by atoms with Gasteiger partial charge in [-0.2, -0.15) is 0 Å². The average Bonchev–Trinajstić information content (AvgIpc) is 3.08. The van der Waals surface area contributed by atoms with E-state index in [1.54, 1.807) is 12.1 Å². The standard InChI is InChI=1S/C25H34N2O6/c1-2-13-7-12-8-17-20(13)26(10-12)6-5-15-16-9-14(29)3-4-18(16)27(21(15)17)25-24(32)23(31)22(30)19(11-28)33-25/h3-4,9,12-13,17,19-20,22-25,28-32H,2,5-8,10-11H2,1H3/t12-,13-,17+,19-,20?,22?,23-,24?,25-/m0/s1. The van der Waals surface area contributed by atoms with Gasteiger partial charge in [-0.05, 0) is 54.9 Å². The lowest BCUT2D eigenvalue weighted by Crippen LogP contribution is -2.58. The number of aliphatic hydroxyl groups is 4. The number of aromatic hydroxyl groups is 1. The van der Waals surface area contributed by atoms with Crippen molar-refractivity contribution in [2.45, 2.75) is 75.2 Å². The predicted molar refractivity (Wildman–Crippen MR) is 121 cm³/mol. The van der Waals surface area contributed by atoms with Crippen LogP contribution in [0.4, 0.5) is 0 Å². The number of aliphatic hydroxyl groups excluding tert-OH is 4. The summed E-state index contributed by atoms with van der Waals surface area (Å²) in [5.74, 6) is 1.70. The van der Waals surface area contributed by atoms with Crippen LogP contribution in [0.5, 0.6) is 5.75 Å². The molecule has 1 aromatic carbocycles. The highest BCUT2D eigenvalue weighted by Gasteiger charge is 2.51. The second-order valence-electron chi connectivity index (χ2n) is 10.5. The van der Waals surface area contributed by atoms with Gasteiger partial charge in [-0.1, -0.05) is 13.3 Å². The third-order valence-electron chi connectivity index (χ3n) is 8.81. The maximum Gasteiger partial charge on any atom is 0.163 e. The van der Waals surface area contributed by atoms with Crippen LogP contribution in [-0.2, 0) is 11.2 Å². The first-order valence-corrected chi connectivity index (χ1v) is 12.3. The van der Waals surface area contributed by atoms with Crippen LogP contribution < -0.4 is 0 Å². The Balaban J connectivity index is 1.57. The number of fused-ring (bicyclic) bond motifs is 4. The van der Waals surface area contributed by atoms with E-state index in [1.165, 1.54) is 12.0 Å². The van der Waals surface area contributed by atoms with Gasteiger partial charge in [0.25, 0.3) is 0 Å². The number of hydrogen-bond acceptors (Lipinski definition) is 7. The third-order valence-corrected chi connectivity index (χ3v) is 8.81. The summed E-state index contributed by atoms with van der Waals surface area (Å²) in [4.78, 5) is 2.64. The monoisotopic (exact) mass is 458 g/mol. The minimum atomic E-state index is -1.43. The summed E-state index contributed by atoms with van der Waals surface area (Å²) in [6.45, 7) is 3.91. The van der Waals surface area contributed by atoms with Crippen LogP contribution >= 0.6 is 0 Å². The molecule has 2 aromatic rings. The molecular formula is C25H34N2O6. The van der Waals surface area contributed by atoms with Crippen LogP contribution in [0.15, 0.2) is 18.2 Å². The molecule has 0 spiro atoms. The zero-order valence-corrected chi connectivity index (χ0v) is 18.9. The lowest BCUT2D eigenvalue weighted by molar-refractivity contribution is -0.251. The number of rotatable bonds is 3.